The first-order chi connectivity index (χ1) is 8.86. The lowest BCUT2D eigenvalue weighted by Crippen LogP contribution is -2.11. The number of halogens is 1. The number of hydrogen-bond donors (Lipinski definition) is 1. The lowest BCUT2D eigenvalue weighted by atomic mass is 9.93. The topological polar surface area (TPSA) is 38.9 Å². The Morgan fingerprint density at radius 3 is 2.74 bits per heavy atom. The highest BCUT2D eigenvalue weighted by Crippen LogP contribution is 2.32. The quantitative estimate of drug-likeness (QED) is 0.615. The molecule has 19 heavy (non-hydrogen) atoms. The average Bonchev–Trinajstić information content (AvgIpc) is 2.79. The summed E-state index contributed by atoms with van der Waals surface area (Å²) in [6.45, 7) is 6.56. The molecular formula is C14H17BrN2S2. The van der Waals surface area contributed by atoms with Gasteiger partial charge in [-0.2, -0.15) is 0 Å². The van der Waals surface area contributed by atoms with Crippen LogP contribution in [0.1, 0.15) is 31.5 Å². The first-order valence-corrected chi connectivity index (χ1v) is 8.65. The predicted molar refractivity (Wildman–Crippen MR) is 88.9 cm³/mol. The third-order valence-electron chi connectivity index (χ3n) is 2.65. The smallest absolute Gasteiger partial charge is 0.103 e. The fraction of sp³-hybridized carbons (Fsp3) is 0.357. The van der Waals surface area contributed by atoms with E-state index in [4.69, 9.17) is 10.7 Å². The van der Waals surface area contributed by atoms with Crippen LogP contribution in [-0.2, 0) is 11.2 Å². The molecule has 1 heterocycles. The standard InChI is InChI=1S/C14H17BrN2S2/c1-14(2,3)12-7-19-13(17-12)8-18-11-6-9(15)4-5-10(11)16/h4-7H,8,16H2,1-3H3. The molecule has 0 fully saturated rings. The zero-order valence-electron chi connectivity index (χ0n) is 11.2. The van der Waals surface area contributed by atoms with Gasteiger partial charge in [0.15, 0.2) is 0 Å². The van der Waals surface area contributed by atoms with Gasteiger partial charge in [0.2, 0.25) is 0 Å². The highest BCUT2D eigenvalue weighted by Gasteiger charge is 2.17. The van der Waals surface area contributed by atoms with Crippen LogP contribution in [0.25, 0.3) is 0 Å². The minimum Gasteiger partial charge on any atom is -0.398 e. The Morgan fingerprint density at radius 1 is 1.37 bits per heavy atom. The van der Waals surface area contributed by atoms with Crippen LogP contribution in [0, 0.1) is 0 Å². The first-order valence-electron chi connectivity index (χ1n) is 5.99. The average molecular weight is 357 g/mol. The highest BCUT2D eigenvalue weighted by atomic mass is 79.9. The van der Waals surface area contributed by atoms with E-state index in [1.165, 1.54) is 0 Å². The molecular weight excluding hydrogens is 340 g/mol. The lowest BCUT2D eigenvalue weighted by molar-refractivity contribution is 0.572. The van der Waals surface area contributed by atoms with Crippen molar-refractivity contribution in [2.75, 3.05) is 5.73 Å². The van der Waals surface area contributed by atoms with E-state index in [9.17, 15) is 0 Å². The highest BCUT2D eigenvalue weighted by molar-refractivity contribution is 9.10. The lowest BCUT2D eigenvalue weighted by Gasteiger charge is -2.14. The van der Waals surface area contributed by atoms with Gasteiger partial charge < -0.3 is 5.73 Å². The van der Waals surface area contributed by atoms with Gasteiger partial charge in [-0.15, -0.1) is 23.1 Å². The molecule has 0 aliphatic heterocycles. The van der Waals surface area contributed by atoms with Crippen molar-refractivity contribution >= 4 is 44.7 Å². The Kier molecular flexibility index (Phi) is 4.58. The molecule has 5 heteroatoms. The van der Waals surface area contributed by atoms with Crippen LogP contribution >= 0.6 is 39.0 Å². The Hall–Kier alpha value is -0.520. The summed E-state index contributed by atoms with van der Waals surface area (Å²) < 4.78 is 1.05. The number of hydrogen-bond acceptors (Lipinski definition) is 4. The molecule has 0 spiro atoms. The molecule has 2 rings (SSSR count). The maximum atomic E-state index is 5.97. The van der Waals surface area contributed by atoms with Crippen LogP contribution in [0.4, 0.5) is 5.69 Å². The van der Waals surface area contributed by atoms with E-state index >= 15 is 0 Å². The molecule has 0 aliphatic carbocycles. The Morgan fingerprint density at radius 2 is 2.11 bits per heavy atom. The molecule has 2 N–H and O–H groups in total. The summed E-state index contributed by atoms with van der Waals surface area (Å²) in [6, 6.07) is 5.94. The Labute approximate surface area is 131 Å². The number of nitrogens with zero attached hydrogens (tertiary/aromatic N) is 1. The number of thiazole rings is 1. The summed E-state index contributed by atoms with van der Waals surface area (Å²) in [5.41, 5.74) is 8.07. The van der Waals surface area contributed by atoms with Crippen LogP contribution in [0.2, 0.25) is 0 Å². The largest absolute Gasteiger partial charge is 0.398 e. The molecule has 0 saturated heterocycles. The normalized spacial score (nSPS) is 11.8. The van der Waals surface area contributed by atoms with Crippen LogP contribution in [-0.4, -0.2) is 4.98 Å². The summed E-state index contributed by atoms with van der Waals surface area (Å²) >= 11 is 6.92. The number of aromatic nitrogens is 1. The van der Waals surface area contributed by atoms with Crippen molar-refractivity contribution in [3.63, 3.8) is 0 Å². The molecule has 0 atom stereocenters. The molecule has 0 amide bonds. The first kappa shape index (κ1) is 14.9. The third-order valence-corrected chi connectivity index (χ3v) is 5.25. The number of rotatable bonds is 3. The van der Waals surface area contributed by atoms with Crippen molar-refractivity contribution in [1.29, 1.82) is 0 Å². The van der Waals surface area contributed by atoms with E-state index in [1.54, 1.807) is 23.1 Å². The zero-order valence-corrected chi connectivity index (χ0v) is 14.5. The van der Waals surface area contributed by atoms with Gasteiger partial charge in [0.05, 0.1) is 11.4 Å². The second-order valence-electron chi connectivity index (χ2n) is 5.35. The van der Waals surface area contributed by atoms with Gasteiger partial charge >= 0.3 is 0 Å². The third kappa shape index (κ3) is 3.97. The monoisotopic (exact) mass is 356 g/mol. The minimum atomic E-state index is 0.119. The number of nitrogen functional groups attached to an aromatic ring is 1. The van der Waals surface area contributed by atoms with Crippen molar-refractivity contribution in [2.24, 2.45) is 0 Å². The summed E-state index contributed by atoms with van der Waals surface area (Å²) in [5, 5.41) is 3.30. The van der Waals surface area contributed by atoms with Gasteiger partial charge in [0, 0.05) is 25.9 Å². The second kappa shape index (κ2) is 5.85. The molecule has 0 radical (unpaired) electrons. The van der Waals surface area contributed by atoms with Gasteiger partial charge in [-0.3, -0.25) is 0 Å². The SMILES string of the molecule is CC(C)(C)c1csc(CSc2cc(Br)ccc2N)n1. The Bertz CT molecular complexity index is 573. The predicted octanol–water partition coefficient (Wildman–Crippen LogP) is 5.08. The zero-order chi connectivity index (χ0) is 14.0. The molecule has 2 nitrogen and oxygen atoms in total. The summed E-state index contributed by atoms with van der Waals surface area (Å²) in [6.07, 6.45) is 0. The second-order valence-corrected chi connectivity index (χ2v) is 8.22. The van der Waals surface area contributed by atoms with Crippen molar-refractivity contribution in [2.45, 2.75) is 36.8 Å². The van der Waals surface area contributed by atoms with Crippen molar-refractivity contribution in [3.05, 3.63) is 38.8 Å². The molecule has 1 aromatic carbocycles. The minimum absolute atomic E-state index is 0.119. The summed E-state index contributed by atoms with van der Waals surface area (Å²) in [5.74, 6) is 0.862. The summed E-state index contributed by atoms with van der Waals surface area (Å²) in [7, 11) is 0. The van der Waals surface area contributed by atoms with Gasteiger partial charge in [-0.25, -0.2) is 4.98 Å². The maximum Gasteiger partial charge on any atom is 0.103 e. The molecule has 0 unspecified atom stereocenters. The molecule has 0 aliphatic rings. The van der Waals surface area contributed by atoms with Crippen LogP contribution in [0.5, 0.6) is 0 Å². The number of benzene rings is 1. The van der Waals surface area contributed by atoms with Crippen molar-refractivity contribution < 1.29 is 0 Å². The number of thioether (sulfide) groups is 1. The van der Waals surface area contributed by atoms with Gasteiger partial charge in [-0.1, -0.05) is 36.7 Å². The molecule has 102 valence electrons. The van der Waals surface area contributed by atoms with Gasteiger partial charge in [0.25, 0.3) is 0 Å². The van der Waals surface area contributed by atoms with Crippen LogP contribution in [0.3, 0.4) is 0 Å². The van der Waals surface area contributed by atoms with E-state index in [-0.39, 0.29) is 5.41 Å². The number of nitrogens with two attached hydrogens (primary N) is 1. The molecule has 1 aromatic heterocycles. The van der Waals surface area contributed by atoms with Crippen molar-refractivity contribution in [1.82, 2.24) is 4.98 Å². The van der Waals surface area contributed by atoms with Gasteiger partial charge in [0.1, 0.15) is 5.01 Å². The Balaban J connectivity index is 2.06. The van der Waals surface area contributed by atoms with E-state index in [0.29, 0.717) is 0 Å². The van der Waals surface area contributed by atoms with E-state index in [2.05, 4.69) is 48.1 Å². The van der Waals surface area contributed by atoms with Gasteiger partial charge in [-0.05, 0) is 18.2 Å². The molecule has 2 aromatic rings. The fourth-order valence-electron chi connectivity index (χ4n) is 1.49. The van der Waals surface area contributed by atoms with E-state index in [1.807, 2.05) is 12.1 Å². The van der Waals surface area contributed by atoms with Crippen molar-refractivity contribution in [3.8, 4) is 0 Å². The van der Waals surface area contributed by atoms with Crippen LogP contribution in [0.15, 0.2) is 32.9 Å². The van der Waals surface area contributed by atoms with E-state index in [0.717, 1.165) is 31.5 Å². The maximum absolute atomic E-state index is 5.97. The van der Waals surface area contributed by atoms with E-state index < -0.39 is 0 Å². The fourth-order valence-corrected chi connectivity index (χ4v) is 4.05. The molecule has 0 bridgehead atoms. The molecule has 0 saturated carbocycles. The number of anilines is 1. The summed E-state index contributed by atoms with van der Waals surface area (Å²) in [4.78, 5) is 5.79. The van der Waals surface area contributed by atoms with Crippen LogP contribution < -0.4 is 5.73 Å².